The maximum absolute atomic E-state index is 12.6. The number of unbranched alkanes of at least 4 members (excludes halogenated alkanes) is 13. The lowest BCUT2D eigenvalue weighted by molar-refractivity contribution is -0.154. The van der Waals surface area contributed by atoms with Gasteiger partial charge in [0, 0.05) is 19.6 Å². The van der Waals surface area contributed by atoms with Gasteiger partial charge in [-0.1, -0.05) is 157 Å². The summed E-state index contributed by atoms with van der Waals surface area (Å²) in [6.07, 6.45) is 54.6. The Morgan fingerprint density at radius 1 is 0.564 bits per heavy atom. The molecule has 0 aliphatic heterocycles. The van der Waals surface area contributed by atoms with E-state index in [2.05, 4.69) is 98.9 Å². The van der Waals surface area contributed by atoms with E-state index in [0.717, 1.165) is 103 Å². The third-order valence-electron chi connectivity index (χ3n) is 8.55. The van der Waals surface area contributed by atoms with Crippen molar-refractivity contribution >= 4 is 13.8 Å². The highest BCUT2D eigenvalue weighted by molar-refractivity contribution is 7.47. The van der Waals surface area contributed by atoms with Gasteiger partial charge >= 0.3 is 13.8 Å². The first kappa shape index (κ1) is 52.7. The topological polar surface area (TPSA) is 117 Å². The van der Waals surface area contributed by atoms with Crippen molar-refractivity contribution in [2.75, 3.05) is 33.0 Å². The number of hydrogen-bond donors (Lipinski definition) is 2. The Morgan fingerprint density at radius 2 is 1.02 bits per heavy atom. The highest BCUT2D eigenvalue weighted by Gasteiger charge is 2.25. The van der Waals surface area contributed by atoms with Gasteiger partial charge in [-0.05, 0) is 83.5 Å². The summed E-state index contributed by atoms with van der Waals surface area (Å²) in [4.78, 5) is 22.5. The van der Waals surface area contributed by atoms with Crippen molar-refractivity contribution in [2.45, 2.75) is 168 Å². The minimum absolute atomic E-state index is 0.0905. The molecule has 0 bridgehead atoms. The lowest BCUT2D eigenvalue weighted by atomic mass is 10.1. The number of hydrogen-bond acceptors (Lipinski definition) is 7. The van der Waals surface area contributed by atoms with Crippen molar-refractivity contribution < 1.29 is 32.8 Å². The van der Waals surface area contributed by atoms with Crippen molar-refractivity contribution in [3.8, 4) is 0 Å². The van der Waals surface area contributed by atoms with Crippen LogP contribution in [-0.2, 0) is 27.9 Å². The van der Waals surface area contributed by atoms with Gasteiger partial charge in [-0.2, -0.15) is 0 Å². The molecule has 9 heteroatoms. The Kier molecular flexibility index (Phi) is 41.0. The van der Waals surface area contributed by atoms with Gasteiger partial charge in [0.2, 0.25) is 0 Å². The van der Waals surface area contributed by atoms with Crippen molar-refractivity contribution in [2.24, 2.45) is 5.73 Å². The number of esters is 1. The minimum atomic E-state index is -4.29. The van der Waals surface area contributed by atoms with Crippen molar-refractivity contribution in [3.63, 3.8) is 0 Å². The molecule has 0 aromatic carbocycles. The van der Waals surface area contributed by atoms with E-state index >= 15 is 0 Å². The fourth-order valence-corrected chi connectivity index (χ4v) is 6.16. The summed E-state index contributed by atoms with van der Waals surface area (Å²) in [7, 11) is -4.29. The maximum atomic E-state index is 12.6. The lowest BCUT2D eigenvalue weighted by Gasteiger charge is -2.20. The van der Waals surface area contributed by atoms with Crippen molar-refractivity contribution in [1.29, 1.82) is 0 Å². The van der Waals surface area contributed by atoms with Crippen molar-refractivity contribution in [3.05, 3.63) is 85.1 Å². The van der Waals surface area contributed by atoms with Crippen LogP contribution in [0.4, 0.5) is 0 Å². The van der Waals surface area contributed by atoms with Crippen LogP contribution < -0.4 is 5.73 Å². The fraction of sp³-hybridized carbons (Fsp3) is 0.674. The van der Waals surface area contributed by atoms with Gasteiger partial charge in [-0.15, -0.1) is 0 Å². The van der Waals surface area contributed by atoms with Gasteiger partial charge in [0.15, 0.2) is 0 Å². The summed E-state index contributed by atoms with van der Waals surface area (Å²) >= 11 is 0. The predicted octanol–water partition coefficient (Wildman–Crippen LogP) is 12.9. The van der Waals surface area contributed by atoms with Gasteiger partial charge in [-0.3, -0.25) is 13.8 Å². The molecule has 0 saturated heterocycles. The third-order valence-corrected chi connectivity index (χ3v) is 9.53. The maximum Gasteiger partial charge on any atom is 0.472 e. The molecule has 0 spiro atoms. The molecule has 0 fully saturated rings. The molecule has 8 nitrogen and oxygen atoms in total. The lowest BCUT2D eigenvalue weighted by Crippen LogP contribution is -2.28. The fourth-order valence-electron chi connectivity index (χ4n) is 5.39. The van der Waals surface area contributed by atoms with Crippen LogP contribution in [0.1, 0.15) is 162 Å². The Hall–Kier alpha value is -2.32. The average molecular weight is 790 g/mol. The second-order valence-corrected chi connectivity index (χ2v) is 15.3. The molecule has 316 valence electrons. The SMILES string of the molecule is CC/C=C\C/C=C\C/C=C\C/C=C\C/C=C\CCCCCCCCOCC(COP(=O)(O)OCCN)OC(=O)CCCCCCC/C=C\C/C=C\CCCC. The zero-order valence-corrected chi connectivity index (χ0v) is 35.8. The van der Waals surface area contributed by atoms with Gasteiger partial charge in [0.1, 0.15) is 6.10 Å². The molecule has 55 heavy (non-hydrogen) atoms. The van der Waals surface area contributed by atoms with E-state index in [1.807, 2.05) is 0 Å². The number of rotatable bonds is 40. The van der Waals surface area contributed by atoms with Gasteiger partial charge in [0.05, 0.1) is 19.8 Å². The van der Waals surface area contributed by atoms with Crippen LogP contribution in [0.25, 0.3) is 0 Å². The van der Waals surface area contributed by atoms with Gasteiger partial charge in [-0.25, -0.2) is 4.57 Å². The standard InChI is InChI=1S/C46H80NO7P/c1-3-5-7-9-11-13-15-17-19-20-21-22-23-24-25-26-28-30-32-34-36-38-41-51-43-45(44-53-55(49,50)52-42-40-47)54-46(48)39-37-35-33-31-29-27-18-16-14-12-10-8-6-4-2/h5,7,10-13,16-19,21-22,24-25,45H,3-4,6,8-9,14-15,20,23,26-44,47H2,1-2H3,(H,49,50)/b7-5-,12-10-,13-11-,18-16-,19-17-,22-21-,25-24-. The van der Waals surface area contributed by atoms with E-state index < -0.39 is 13.9 Å². The summed E-state index contributed by atoms with van der Waals surface area (Å²) in [5, 5.41) is 0. The number of nitrogens with two attached hydrogens (primary N) is 1. The van der Waals surface area contributed by atoms with Crippen LogP contribution in [0.15, 0.2) is 85.1 Å². The summed E-state index contributed by atoms with van der Waals surface area (Å²) in [5.41, 5.74) is 5.36. The molecule has 0 aromatic rings. The number of phosphoric ester groups is 1. The molecule has 2 atom stereocenters. The number of phosphoric acid groups is 1. The van der Waals surface area contributed by atoms with Gasteiger partial charge < -0.3 is 20.1 Å². The Bertz CT molecular complexity index is 1110. The smallest absolute Gasteiger partial charge is 0.457 e. The highest BCUT2D eigenvalue weighted by atomic mass is 31.2. The molecule has 0 aromatic heterocycles. The molecule has 2 unspecified atom stereocenters. The Labute approximate surface area is 337 Å². The minimum Gasteiger partial charge on any atom is -0.457 e. The normalized spacial score (nSPS) is 14.3. The van der Waals surface area contributed by atoms with E-state index in [9.17, 15) is 14.3 Å². The predicted molar refractivity (Wildman–Crippen MR) is 233 cm³/mol. The largest absolute Gasteiger partial charge is 0.472 e. The summed E-state index contributed by atoms with van der Waals surface area (Å²) in [6.45, 7) is 4.69. The summed E-state index contributed by atoms with van der Waals surface area (Å²) in [6, 6.07) is 0. The summed E-state index contributed by atoms with van der Waals surface area (Å²) in [5.74, 6) is -0.354. The molecule has 0 aliphatic carbocycles. The molecule has 0 heterocycles. The first-order chi connectivity index (χ1) is 26.9. The first-order valence-electron chi connectivity index (χ1n) is 21.6. The quantitative estimate of drug-likeness (QED) is 0.0273. The average Bonchev–Trinajstić information content (AvgIpc) is 3.17. The number of ether oxygens (including phenoxy) is 2. The molecule has 3 N–H and O–H groups in total. The van der Waals surface area contributed by atoms with Crippen LogP contribution in [0.5, 0.6) is 0 Å². The molecule has 0 rings (SSSR count). The molecule has 0 aliphatic rings. The van der Waals surface area contributed by atoms with Crippen LogP contribution in [0.2, 0.25) is 0 Å². The van der Waals surface area contributed by atoms with Crippen LogP contribution in [-0.4, -0.2) is 49.9 Å². The van der Waals surface area contributed by atoms with E-state index in [1.54, 1.807) is 0 Å². The van der Waals surface area contributed by atoms with Crippen LogP contribution in [0.3, 0.4) is 0 Å². The second kappa shape index (κ2) is 42.8. The molecular weight excluding hydrogens is 709 g/mol. The third kappa shape index (κ3) is 42.7. The zero-order valence-electron chi connectivity index (χ0n) is 34.9. The monoisotopic (exact) mass is 790 g/mol. The van der Waals surface area contributed by atoms with E-state index in [4.69, 9.17) is 24.3 Å². The first-order valence-corrected chi connectivity index (χ1v) is 23.1. The number of carbonyl (C=O) groups excluding carboxylic acids is 1. The molecule has 0 saturated carbocycles. The van der Waals surface area contributed by atoms with Gasteiger partial charge in [0.25, 0.3) is 0 Å². The molecular formula is C46H80NO7P. The number of carbonyl (C=O) groups is 1. The van der Waals surface area contributed by atoms with Crippen LogP contribution >= 0.6 is 7.82 Å². The van der Waals surface area contributed by atoms with E-state index in [-0.39, 0.29) is 32.3 Å². The van der Waals surface area contributed by atoms with Crippen LogP contribution in [0, 0.1) is 0 Å². The molecule has 0 amide bonds. The highest BCUT2D eigenvalue weighted by Crippen LogP contribution is 2.43. The van der Waals surface area contributed by atoms with E-state index in [1.165, 1.54) is 38.5 Å². The Morgan fingerprint density at radius 3 is 1.53 bits per heavy atom. The Balaban J connectivity index is 4.09. The zero-order chi connectivity index (χ0) is 40.2. The second-order valence-electron chi connectivity index (χ2n) is 13.8. The van der Waals surface area contributed by atoms with Crippen molar-refractivity contribution in [1.82, 2.24) is 0 Å². The van der Waals surface area contributed by atoms with E-state index in [0.29, 0.717) is 13.0 Å². The molecule has 0 radical (unpaired) electrons. The number of allylic oxidation sites excluding steroid dienone is 14. The summed E-state index contributed by atoms with van der Waals surface area (Å²) < 4.78 is 33.4.